The average molecular weight is 316 g/mol. The molecular formula is C16H14ClN3O2. The fourth-order valence-corrected chi connectivity index (χ4v) is 2.05. The van der Waals surface area contributed by atoms with Gasteiger partial charge in [-0.1, -0.05) is 11.6 Å². The number of methoxy groups -OCH3 is 1. The molecule has 22 heavy (non-hydrogen) atoms. The Morgan fingerprint density at radius 3 is 2.50 bits per heavy atom. The molecule has 0 saturated carbocycles. The van der Waals surface area contributed by atoms with Crippen LogP contribution in [0.2, 0.25) is 5.02 Å². The summed E-state index contributed by atoms with van der Waals surface area (Å²) in [6.07, 6.45) is 0. The van der Waals surface area contributed by atoms with Crippen molar-refractivity contribution in [2.45, 2.75) is 0 Å². The summed E-state index contributed by atoms with van der Waals surface area (Å²) in [5.41, 5.74) is 1.93. The second-order valence-electron chi connectivity index (χ2n) is 4.44. The summed E-state index contributed by atoms with van der Waals surface area (Å²) < 4.78 is 5.05. The molecule has 6 heteroatoms. The molecule has 0 aliphatic rings. The molecule has 0 aliphatic carbocycles. The second-order valence-corrected chi connectivity index (χ2v) is 4.85. The monoisotopic (exact) mass is 315 g/mol. The third-order valence-electron chi connectivity index (χ3n) is 2.90. The maximum absolute atomic E-state index is 11.9. The normalized spacial score (nSPS) is 9.68. The summed E-state index contributed by atoms with van der Waals surface area (Å²) in [6.45, 7) is 0.107. The third-order valence-corrected chi connectivity index (χ3v) is 3.20. The van der Waals surface area contributed by atoms with E-state index >= 15 is 0 Å². The third kappa shape index (κ3) is 4.14. The van der Waals surface area contributed by atoms with E-state index in [1.807, 2.05) is 6.07 Å². The van der Waals surface area contributed by atoms with Gasteiger partial charge in [0.25, 0.3) is 0 Å². The number of rotatable bonds is 5. The van der Waals surface area contributed by atoms with Crippen molar-refractivity contribution in [1.29, 1.82) is 5.26 Å². The first-order valence-corrected chi connectivity index (χ1v) is 6.87. The molecule has 0 atom stereocenters. The highest BCUT2D eigenvalue weighted by atomic mass is 35.5. The zero-order valence-electron chi connectivity index (χ0n) is 11.9. The van der Waals surface area contributed by atoms with Crippen LogP contribution in [0.3, 0.4) is 0 Å². The lowest BCUT2D eigenvalue weighted by Gasteiger charge is -2.09. The first kappa shape index (κ1) is 15.7. The summed E-state index contributed by atoms with van der Waals surface area (Å²) in [5.74, 6) is 0.348. The van der Waals surface area contributed by atoms with Crippen molar-refractivity contribution in [2.24, 2.45) is 0 Å². The van der Waals surface area contributed by atoms with Crippen LogP contribution < -0.4 is 15.4 Å². The average Bonchev–Trinajstić information content (AvgIpc) is 2.53. The predicted octanol–water partition coefficient (Wildman–Crippen LogP) is 3.27. The topological polar surface area (TPSA) is 74.2 Å². The van der Waals surface area contributed by atoms with Gasteiger partial charge in [-0.15, -0.1) is 0 Å². The van der Waals surface area contributed by atoms with Crippen LogP contribution in [0.1, 0.15) is 5.56 Å². The van der Waals surface area contributed by atoms with Crippen LogP contribution in [0.25, 0.3) is 0 Å². The van der Waals surface area contributed by atoms with Crippen molar-refractivity contribution in [3.63, 3.8) is 0 Å². The number of halogens is 1. The van der Waals surface area contributed by atoms with E-state index < -0.39 is 0 Å². The number of benzene rings is 2. The molecule has 0 fully saturated rings. The van der Waals surface area contributed by atoms with Gasteiger partial charge < -0.3 is 15.4 Å². The zero-order chi connectivity index (χ0) is 15.9. The lowest BCUT2D eigenvalue weighted by molar-refractivity contribution is -0.114. The van der Waals surface area contributed by atoms with Crippen molar-refractivity contribution in [2.75, 3.05) is 24.3 Å². The minimum atomic E-state index is -0.203. The van der Waals surface area contributed by atoms with Gasteiger partial charge in [-0.25, -0.2) is 0 Å². The molecule has 2 N–H and O–H groups in total. The number of nitrogens with one attached hydrogen (secondary N) is 2. The number of nitrogens with zero attached hydrogens (tertiary/aromatic N) is 1. The van der Waals surface area contributed by atoms with Crippen LogP contribution >= 0.6 is 11.6 Å². The molecule has 0 saturated heterocycles. The Morgan fingerprint density at radius 1 is 1.23 bits per heavy atom. The Kier molecular flexibility index (Phi) is 5.23. The maximum atomic E-state index is 11.9. The number of anilines is 2. The first-order valence-electron chi connectivity index (χ1n) is 6.50. The van der Waals surface area contributed by atoms with Gasteiger partial charge in [0.1, 0.15) is 5.75 Å². The molecular weight excluding hydrogens is 302 g/mol. The largest absolute Gasteiger partial charge is 0.495 e. The Labute approximate surface area is 133 Å². The van der Waals surface area contributed by atoms with Crippen molar-refractivity contribution < 1.29 is 9.53 Å². The summed E-state index contributed by atoms with van der Waals surface area (Å²) in [7, 11) is 1.53. The predicted molar refractivity (Wildman–Crippen MR) is 86.3 cm³/mol. The summed E-state index contributed by atoms with van der Waals surface area (Å²) >= 11 is 6.00. The molecule has 0 aromatic heterocycles. The van der Waals surface area contributed by atoms with E-state index in [1.165, 1.54) is 7.11 Å². The quantitative estimate of drug-likeness (QED) is 0.888. The first-order chi connectivity index (χ1) is 10.6. The second kappa shape index (κ2) is 7.34. The van der Waals surface area contributed by atoms with Crippen LogP contribution in [0.5, 0.6) is 5.75 Å². The highest BCUT2D eigenvalue weighted by Gasteiger charge is 2.05. The van der Waals surface area contributed by atoms with Gasteiger partial charge in [-0.05, 0) is 42.5 Å². The lowest BCUT2D eigenvalue weighted by atomic mass is 10.2. The van der Waals surface area contributed by atoms with Crippen molar-refractivity contribution in [3.05, 3.63) is 53.1 Å². The van der Waals surface area contributed by atoms with Gasteiger partial charge in [-0.2, -0.15) is 5.26 Å². The molecule has 0 bridgehead atoms. The maximum Gasteiger partial charge on any atom is 0.243 e. The van der Waals surface area contributed by atoms with Crippen LogP contribution in [0, 0.1) is 11.3 Å². The molecule has 2 rings (SSSR count). The highest BCUT2D eigenvalue weighted by Crippen LogP contribution is 2.27. The summed E-state index contributed by atoms with van der Waals surface area (Å²) in [4.78, 5) is 11.9. The lowest BCUT2D eigenvalue weighted by Crippen LogP contribution is -2.21. The number of hydrogen-bond donors (Lipinski definition) is 2. The van der Waals surface area contributed by atoms with Crippen LogP contribution in [0.4, 0.5) is 11.4 Å². The molecule has 2 aromatic rings. The highest BCUT2D eigenvalue weighted by molar-refractivity contribution is 6.32. The Hall–Kier alpha value is -2.71. The van der Waals surface area contributed by atoms with Crippen molar-refractivity contribution in [1.82, 2.24) is 0 Å². The van der Waals surface area contributed by atoms with Gasteiger partial charge in [0.05, 0.1) is 30.3 Å². The van der Waals surface area contributed by atoms with E-state index in [-0.39, 0.29) is 12.5 Å². The summed E-state index contributed by atoms with van der Waals surface area (Å²) in [6, 6.07) is 13.9. The van der Waals surface area contributed by atoms with Gasteiger partial charge in [0.15, 0.2) is 0 Å². The van der Waals surface area contributed by atoms with Crippen LogP contribution in [-0.2, 0) is 4.79 Å². The van der Waals surface area contributed by atoms with Gasteiger partial charge in [-0.3, -0.25) is 4.79 Å². The number of nitriles is 1. The molecule has 1 amide bonds. The molecule has 2 aromatic carbocycles. The van der Waals surface area contributed by atoms with E-state index in [0.717, 1.165) is 5.69 Å². The van der Waals surface area contributed by atoms with E-state index in [0.29, 0.717) is 22.0 Å². The van der Waals surface area contributed by atoms with E-state index in [9.17, 15) is 4.79 Å². The number of carbonyl (C=O) groups is 1. The Morgan fingerprint density at radius 2 is 1.91 bits per heavy atom. The molecule has 112 valence electrons. The smallest absolute Gasteiger partial charge is 0.243 e. The number of hydrogen-bond acceptors (Lipinski definition) is 4. The molecule has 0 heterocycles. The van der Waals surface area contributed by atoms with Crippen molar-refractivity contribution in [3.8, 4) is 11.8 Å². The minimum absolute atomic E-state index is 0.107. The van der Waals surface area contributed by atoms with E-state index in [4.69, 9.17) is 21.6 Å². The Bertz CT molecular complexity index is 708. The zero-order valence-corrected chi connectivity index (χ0v) is 12.6. The van der Waals surface area contributed by atoms with Crippen molar-refractivity contribution >= 4 is 28.9 Å². The number of amides is 1. The number of carbonyl (C=O) groups excluding carboxylic acids is 1. The molecule has 0 spiro atoms. The van der Waals surface area contributed by atoms with Gasteiger partial charge in [0.2, 0.25) is 5.91 Å². The van der Waals surface area contributed by atoms with Crippen LogP contribution in [0.15, 0.2) is 42.5 Å². The SMILES string of the molecule is COc1ccc(NC(=O)CNc2ccc(C#N)cc2)cc1Cl. The minimum Gasteiger partial charge on any atom is -0.495 e. The number of ether oxygens (including phenoxy) is 1. The van der Waals surface area contributed by atoms with Crippen LogP contribution in [-0.4, -0.2) is 19.6 Å². The Balaban J connectivity index is 1.90. The van der Waals surface area contributed by atoms with Gasteiger partial charge in [0, 0.05) is 11.4 Å². The molecule has 0 radical (unpaired) electrons. The fraction of sp³-hybridized carbons (Fsp3) is 0.125. The van der Waals surface area contributed by atoms with E-state index in [2.05, 4.69) is 10.6 Å². The summed E-state index contributed by atoms with van der Waals surface area (Å²) in [5, 5.41) is 14.9. The molecule has 0 aliphatic heterocycles. The van der Waals surface area contributed by atoms with E-state index in [1.54, 1.807) is 42.5 Å². The molecule has 5 nitrogen and oxygen atoms in total. The van der Waals surface area contributed by atoms with Gasteiger partial charge >= 0.3 is 0 Å². The standard InChI is InChI=1S/C16H14ClN3O2/c1-22-15-7-6-13(8-14(15)17)20-16(21)10-19-12-4-2-11(9-18)3-5-12/h2-8,19H,10H2,1H3,(H,20,21). The fourth-order valence-electron chi connectivity index (χ4n) is 1.79. The molecule has 0 unspecified atom stereocenters.